The van der Waals surface area contributed by atoms with E-state index in [2.05, 4.69) is 15.2 Å². The number of amides is 1. The number of imidazole rings is 1. The second-order valence-corrected chi connectivity index (χ2v) is 8.03. The quantitative estimate of drug-likeness (QED) is 0.758. The summed E-state index contributed by atoms with van der Waals surface area (Å²) < 4.78 is 2.00. The van der Waals surface area contributed by atoms with Crippen LogP contribution in [0.1, 0.15) is 48.9 Å². The Hall–Kier alpha value is -2.12. The lowest BCUT2D eigenvalue weighted by molar-refractivity contribution is 0.00526. The molecule has 1 aliphatic carbocycles. The van der Waals surface area contributed by atoms with Gasteiger partial charge in [0.2, 0.25) is 5.95 Å². The summed E-state index contributed by atoms with van der Waals surface area (Å²) >= 11 is 0. The Bertz CT molecular complexity index is 841. The molecule has 7 heteroatoms. The van der Waals surface area contributed by atoms with Crippen molar-refractivity contribution in [1.82, 2.24) is 14.9 Å². The largest absolute Gasteiger partial charge is 0.391 e. The Morgan fingerprint density at radius 3 is 2.81 bits per heavy atom. The number of nitrogens with one attached hydrogen (secondary N) is 1. The lowest BCUT2D eigenvalue weighted by Gasteiger charge is -2.32. The highest BCUT2D eigenvalue weighted by Gasteiger charge is 2.30. The molecule has 27 heavy (non-hydrogen) atoms. The molecule has 1 aromatic carbocycles. The molecular formula is C20H28N4O3. The van der Waals surface area contributed by atoms with Gasteiger partial charge in [-0.2, -0.15) is 0 Å². The summed E-state index contributed by atoms with van der Waals surface area (Å²) in [5.41, 5.74) is 1.49. The molecule has 2 heterocycles. The highest BCUT2D eigenvalue weighted by Crippen LogP contribution is 2.28. The molecule has 1 amide bonds. The predicted molar refractivity (Wildman–Crippen MR) is 104 cm³/mol. The first kappa shape index (κ1) is 18.3. The molecule has 3 N–H and O–H groups in total. The first-order chi connectivity index (χ1) is 13.0. The molecule has 1 aromatic heterocycles. The minimum Gasteiger partial charge on any atom is -0.391 e. The van der Waals surface area contributed by atoms with E-state index in [9.17, 15) is 15.0 Å². The van der Waals surface area contributed by atoms with Crippen LogP contribution in [0.2, 0.25) is 0 Å². The monoisotopic (exact) mass is 372 g/mol. The van der Waals surface area contributed by atoms with Crippen LogP contribution in [-0.4, -0.2) is 57.0 Å². The van der Waals surface area contributed by atoms with E-state index < -0.39 is 5.60 Å². The number of anilines is 1. The Balaban J connectivity index is 1.50. The maximum Gasteiger partial charge on any atom is 0.251 e. The number of carbonyl (C=O) groups excluding carboxylic acids is 1. The number of β-amino-alcohol motifs (C(OH)–C–C–N with tert-alkyl or cyclic N) is 1. The first-order valence-corrected chi connectivity index (χ1v) is 9.85. The lowest BCUT2D eigenvalue weighted by Crippen LogP contribution is -2.44. The molecule has 2 aliphatic rings. The Kier molecular flexibility index (Phi) is 4.82. The van der Waals surface area contributed by atoms with Gasteiger partial charge >= 0.3 is 0 Å². The molecule has 7 nitrogen and oxygen atoms in total. The third kappa shape index (κ3) is 3.66. The van der Waals surface area contributed by atoms with E-state index in [1.807, 2.05) is 17.7 Å². The van der Waals surface area contributed by atoms with Crippen molar-refractivity contribution in [2.45, 2.75) is 50.2 Å². The summed E-state index contributed by atoms with van der Waals surface area (Å²) in [4.78, 5) is 19.3. The van der Waals surface area contributed by atoms with Crippen LogP contribution in [0.25, 0.3) is 11.0 Å². The van der Waals surface area contributed by atoms with Gasteiger partial charge in [-0.15, -0.1) is 0 Å². The molecule has 1 saturated carbocycles. The Morgan fingerprint density at radius 1 is 1.33 bits per heavy atom. The molecule has 1 atom stereocenters. The van der Waals surface area contributed by atoms with Crippen molar-refractivity contribution < 1.29 is 15.0 Å². The van der Waals surface area contributed by atoms with Crippen LogP contribution in [0.15, 0.2) is 18.2 Å². The zero-order valence-electron chi connectivity index (χ0n) is 15.8. The topological polar surface area (TPSA) is 90.6 Å². The van der Waals surface area contributed by atoms with Gasteiger partial charge in [0.05, 0.1) is 22.7 Å². The minimum atomic E-state index is -0.771. The number of carbonyl (C=O) groups is 1. The fourth-order valence-corrected chi connectivity index (χ4v) is 4.27. The lowest BCUT2D eigenvalue weighted by atomic mass is 9.85. The second kappa shape index (κ2) is 7.13. The highest BCUT2D eigenvalue weighted by atomic mass is 16.3. The van der Waals surface area contributed by atoms with Gasteiger partial charge in [0, 0.05) is 32.2 Å². The van der Waals surface area contributed by atoms with Crippen molar-refractivity contribution in [3.05, 3.63) is 23.8 Å². The molecule has 0 spiro atoms. The van der Waals surface area contributed by atoms with Crippen molar-refractivity contribution in [1.29, 1.82) is 0 Å². The van der Waals surface area contributed by atoms with E-state index in [0.717, 1.165) is 62.1 Å². The first-order valence-electron chi connectivity index (χ1n) is 9.85. The van der Waals surface area contributed by atoms with E-state index >= 15 is 0 Å². The smallest absolute Gasteiger partial charge is 0.251 e. The number of aryl methyl sites for hydroxylation is 1. The summed E-state index contributed by atoms with van der Waals surface area (Å²) in [7, 11) is 1.95. The van der Waals surface area contributed by atoms with Gasteiger partial charge in [0.1, 0.15) is 0 Å². The van der Waals surface area contributed by atoms with Crippen molar-refractivity contribution in [3.63, 3.8) is 0 Å². The van der Waals surface area contributed by atoms with Crippen LogP contribution in [0.3, 0.4) is 0 Å². The maximum absolute atomic E-state index is 12.6. The highest BCUT2D eigenvalue weighted by molar-refractivity contribution is 5.97. The van der Waals surface area contributed by atoms with Gasteiger partial charge in [0.15, 0.2) is 0 Å². The second-order valence-electron chi connectivity index (χ2n) is 8.03. The van der Waals surface area contributed by atoms with Crippen LogP contribution in [0, 0.1) is 0 Å². The van der Waals surface area contributed by atoms with Crippen molar-refractivity contribution in [3.8, 4) is 0 Å². The fourth-order valence-electron chi connectivity index (χ4n) is 4.27. The number of aromatic nitrogens is 2. The van der Waals surface area contributed by atoms with Gasteiger partial charge in [-0.3, -0.25) is 4.79 Å². The molecule has 146 valence electrons. The number of hydrogen-bond acceptors (Lipinski definition) is 5. The third-order valence-electron chi connectivity index (χ3n) is 5.93. The number of hydrogen-bond donors (Lipinski definition) is 3. The van der Waals surface area contributed by atoms with E-state index in [1.165, 1.54) is 0 Å². The summed E-state index contributed by atoms with van der Waals surface area (Å²) in [5.74, 6) is 0.635. The fraction of sp³-hybridized carbons (Fsp3) is 0.600. The predicted octanol–water partition coefficient (Wildman–Crippen LogP) is 1.57. The normalized spacial score (nSPS) is 22.3. The number of benzene rings is 1. The summed E-state index contributed by atoms with van der Waals surface area (Å²) in [6.45, 7) is 1.66. The zero-order chi connectivity index (χ0) is 19.0. The van der Waals surface area contributed by atoms with Crippen LogP contribution >= 0.6 is 0 Å². The van der Waals surface area contributed by atoms with Gasteiger partial charge in [0.25, 0.3) is 5.91 Å². The Morgan fingerprint density at radius 2 is 2.11 bits per heavy atom. The molecule has 4 rings (SSSR count). The summed E-state index contributed by atoms with van der Waals surface area (Å²) in [6, 6.07) is 5.50. The average molecular weight is 372 g/mol. The molecule has 0 radical (unpaired) electrons. The molecule has 0 bridgehead atoms. The van der Waals surface area contributed by atoms with Gasteiger partial charge in [-0.05, 0) is 37.5 Å². The standard InChI is InChI=1S/C20H28N4O3/c1-23-17-6-5-14(18(26)21-13-20(27)8-3-2-4-9-20)11-16(17)22-19(23)24-10-7-15(25)12-24/h5-6,11,15,25,27H,2-4,7-10,12-13H2,1H3,(H,21,26)/t15-/m0/s1. The van der Waals surface area contributed by atoms with E-state index in [4.69, 9.17) is 0 Å². The number of aliphatic hydroxyl groups is 2. The molecule has 2 fully saturated rings. The number of nitrogens with zero attached hydrogens (tertiary/aromatic N) is 3. The van der Waals surface area contributed by atoms with E-state index in [-0.39, 0.29) is 12.0 Å². The van der Waals surface area contributed by atoms with Gasteiger partial charge < -0.3 is 25.0 Å². The van der Waals surface area contributed by atoms with E-state index in [1.54, 1.807) is 12.1 Å². The third-order valence-corrected chi connectivity index (χ3v) is 5.93. The van der Waals surface area contributed by atoms with Crippen LogP contribution in [0.4, 0.5) is 5.95 Å². The van der Waals surface area contributed by atoms with Crippen LogP contribution in [-0.2, 0) is 7.05 Å². The molecule has 1 saturated heterocycles. The summed E-state index contributed by atoms with van der Waals surface area (Å²) in [5, 5.41) is 23.2. The van der Waals surface area contributed by atoms with Crippen molar-refractivity contribution in [2.75, 3.05) is 24.5 Å². The van der Waals surface area contributed by atoms with Crippen molar-refractivity contribution >= 4 is 22.9 Å². The van der Waals surface area contributed by atoms with Crippen LogP contribution in [0.5, 0.6) is 0 Å². The van der Waals surface area contributed by atoms with E-state index in [0.29, 0.717) is 18.7 Å². The van der Waals surface area contributed by atoms with Crippen molar-refractivity contribution in [2.24, 2.45) is 7.05 Å². The summed E-state index contributed by atoms with van der Waals surface area (Å²) in [6.07, 6.45) is 5.12. The molecule has 0 unspecified atom stereocenters. The average Bonchev–Trinajstić information content (AvgIpc) is 3.23. The minimum absolute atomic E-state index is 0.181. The maximum atomic E-state index is 12.6. The zero-order valence-corrected chi connectivity index (χ0v) is 15.8. The van der Waals surface area contributed by atoms with Gasteiger partial charge in [-0.1, -0.05) is 19.3 Å². The number of rotatable bonds is 4. The SMILES string of the molecule is Cn1c(N2CC[C@H](O)C2)nc2cc(C(=O)NCC3(O)CCCCC3)ccc21. The molecule has 1 aliphatic heterocycles. The Labute approximate surface area is 159 Å². The molecule has 2 aromatic rings. The van der Waals surface area contributed by atoms with Crippen LogP contribution < -0.4 is 10.2 Å². The number of fused-ring (bicyclic) bond motifs is 1. The van der Waals surface area contributed by atoms with Gasteiger partial charge in [-0.25, -0.2) is 4.98 Å². The molecular weight excluding hydrogens is 344 g/mol. The number of aliphatic hydroxyl groups excluding tert-OH is 1.